The van der Waals surface area contributed by atoms with Crippen molar-refractivity contribution in [2.24, 2.45) is 0 Å². The molecule has 0 amide bonds. The zero-order valence-electron chi connectivity index (χ0n) is 12.3. The zero-order valence-corrected chi connectivity index (χ0v) is 12.3. The molecule has 1 aromatic rings. The van der Waals surface area contributed by atoms with Crippen LogP contribution in [-0.4, -0.2) is 68.4 Å². The van der Waals surface area contributed by atoms with Crippen molar-refractivity contribution in [1.29, 1.82) is 0 Å². The van der Waals surface area contributed by atoms with Gasteiger partial charge in [0.25, 0.3) is 0 Å². The lowest BCUT2D eigenvalue weighted by Gasteiger charge is -2.26. The Bertz CT molecular complexity index is 419. The highest BCUT2D eigenvalue weighted by Gasteiger charge is 2.11. The normalized spacial score (nSPS) is 16.1. The number of hydrogen-bond donors (Lipinski definition) is 2. The first-order chi connectivity index (χ1) is 9.68. The van der Waals surface area contributed by atoms with Crippen LogP contribution in [0.3, 0.4) is 0 Å². The molecule has 1 fully saturated rings. The number of nitrogens with two attached hydrogens (primary N) is 1. The molecule has 2 heterocycles. The van der Waals surface area contributed by atoms with Gasteiger partial charge >= 0.3 is 0 Å². The van der Waals surface area contributed by atoms with E-state index >= 15 is 0 Å². The fourth-order valence-electron chi connectivity index (χ4n) is 2.22. The molecule has 0 spiro atoms. The van der Waals surface area contributed by atoms with Gasteiger partial charge in [0.2, 0.25) is 0 Å². The molecule has 20 heavy (non-hydrogen) atoms. The molecule has 2 rings (SSSR count). The highest BCUT2D eigenvalue weighted by Crippen LogP contribution is 2.23. The Hall–Kier alpha value is -1.60. The lowest BCUT2D eigenvalue weighted by Crippen LogP contribution is -2.37. The number of nitrogen functional groups attached to an aromatic ring is 1. The van der Waals surface area contributed by atoms with Gasteiger partial charge in [0.1, 0.15) is 12.0 Å². The Morgan fingerprint density at radius 3 is 2.80 bits per heavy atom. The lowest BCUT2D eigenvalue weighted by atomic mass is 10.3. The molecule has 1 aromatic heterocycles. The van der Waals surface area contributed by atoms with Crippen LogP contribution >= 0.6 is 0 Å². The lowest BCUT2D eigenvalue weighted by molar-refractivity contribution is 0.0378. The molecular weight excluding hydrogens is 256 g/mol. The first-order valence-electron chi connectivity index (χ1n) is 7.00. The van der Waals surface area contributed by atoms with Gasteiger partial charge in [-0.1, -0.05) is 0 Å². The summed E-state index contributed by atoms with van der Waals surface area (Å²) in [5, 5.41) is 3.29. The van der Waals surface area contributed by atoms with E-state index in [9.17, 15) is 0 Å². The Morgan fingerprint density at radius 2 is 2.10 bits per heavy atom. The molecule has 0 radical (unpaired) electrons. The third-order valence-electron chi connectivity index (χ3n) is 3.33. The summed E-state index contributed by atoms with van der Waals surface area (Å²) in [5.41, 5.74) is 6.65. The van der Waals surface area contributed by atoms with Crippen LogP contribution in [0.15, 0.2) is 6.33 Å². The third kappa shape index (κ3) is 3.94. The molecule has 112 valence electrons. The summed E-state index contributed by atoms with van der Waals surface area (Å²) in [5.74, 6) is 1.46. The molecule has 3 N–H and O–H groups in total. The molecule has 7 heteroatoms. The average molecular weight is 280 g/mol. The summed E-state index contributed by atoms with van der Waals surface area (Å²) >= 11 is 0. The number of hydrogen-bond acceptors (Lipinski definition) is 7. The summed E-state index contributed by atoms with van der Waals surface area (Å²) in [6.07, 6.45) is 2.59. The minimum atomic E-state index is 0.601. The summed E-state index contributed by atoms with van der Waals surface area (Å²) in [7, 11) is 3.84. The van der Waals surface area contributed by atoms with Gasteiger partial charge in [0, 0.05) is 33.7 Å². The molecule has 0 aliphatic carbocycles. The number of morpholine rings is 1. The van der Waals surface area contributed by atoms with E-state index < -0.39 is 0 Å². The van der Waals surface area contributed by atoms with Gasteiger partial charge in [-0.3, -0.25) is 4.90 Å². The van der Waals surface area contributed by atoms with Crippen LogP contribution in [0.2, 0.25) is 0 Å². The summed E-state index contributed by atoms with van der Waals surface area (Å²) in [6.45, 7) is 5.67. The minimum Gasteiger partial charge on any atom is -0.393 e. The van der Waals surface area contributed by atoms with Crippen LogP contribution < -0.4 is 16.0 Å². The van der Waals surface area contributed by atoms with Crippen LogP contribution in [0.5, 0.6) is 0 Å². The van der Waals surface area contributed by atoms with Crippen molar-refractivity contribution in [2.75, 3.05) is 69.4 Å². The van der Waals surface area contributed by atoms with Crippen molar-refractivity contribution >= 4 is 17.3 Å². The summed E-state index contributed by atoms with van der Waals surface area (Å²) in [6, 6.07) is 0. The first kappa shape index (κ1) is 14.8. The standard InChI is InChI=1S/C13H24N6O/c1-18(2)13-11(14)12(16-10-17-13)15-4-3-5-19-6-8-20-9-7-19/h10H,3-9,14H2,1-2H3,(H,15,16,17). The van der Waals surface area contributed by atoms with Crippen LogP contribution in [0, 0.1) is 0 Å². The van der Waals surface area contributed by atoms with Crippen molar-refractivity contribution in [1.82, 2.24) is 14.9 Å². The number of nitrogens with one attached hydrogen (secondary N) is 1. The number of rotatable bonds is 6. The number of aromatic nitrogens is 2. The maximum atomic E-state index is 6.05. The highest BCUT2D eigenvalue weighted by atomic mass is 16.5. The Kier molecular flexibility index (Phi) is 5.37. The van der Waals surface area contributed by atoms with E-state index in [1.54, 1.807) is 0 Å². The average Bonchev–Trinajstić information content (AvgIpc) is 2.46. The van der Waals surface area contributed by atoms with E-state index in [-0.39, 0.29) is 0 Å². The maximum Gasteiger partial charge on any atom is 0.156 e. The number of nitrogens with zero attached hydrogens (tertiary/aromatic N) is 4. The molecule has 0 unspecified atom stereocenters. The van der Waals surface area contributed by atoms with Crippen LogP contribution in [0.4, 0.5) is 17.3 Å². The quantitative estimate of drug-likeness (QED) is 0.723. The minimum absolute atomic E-state index is 0.601. The van der Waals surface area contributed by atoms with Crippen molar-refractivity contribution in [3.05, 3.63) is 6.33 Å². The van der Waals surface area contributed by atoms with Gasteiger partial charge in [-0.15, -0.1) is 0 Å². The predicted octanol–water partition coefficient (Wildman–Crippen LogP) is 0.259. The second-order valence-electron chi connectivity index (χ2n) is 5.09. The second-order valence-corrected chi connectivity index (χ2v) is 5.09. The first-order valence-corrected chi connectivity index (χ1v) is 7.00. The van der Waals surface area contributed by atoms with Crippen molar-refractivity contribution in [2.45, 2.75) is 6.42 Å². The van der Waals surface area contributed by atoms with E-state index in [2.05, 4.69) is 20.2 Å². The van der Waals surface area contributed by atoms with Crippen LogP contribution in [0.25, 0.3) is 0 Å². The van der Waals surface area contributed by atoms with E-state index in [4.69, 9.17) is 10.5 Å². The Labute approximate surface area is 120 Å². The summed E-state index contributed by atoms with van der Waals surface area (Å²) < 4.78 is 5.33. The molecule has 0 saturated carbocycles. The Morgan fingerprint density at radius 1 is 1.35 bits per heavy atom. The third-order valence-corrected chi connectivity index (χ3v) is 3.33. The van der Waals surface area contributed by atoms with E-state index in [1.807, 2.05) is 19.0 Å². The van der Waals surface area contributed by atoms with Crippen LogP contribution in [-0.2, 0) is 4.74 Å². The zero-order chi connectivity index (χ0) is 14.4. The van der Waals surface area contributed by atoms with Crippen molar-refractivity contribution in [3.8, 4) is 0 Å². The van der Waals surface area contributed by atoms with Gasteiger partial charge in [-0.05, 0) is 13.0 Å². The molecule has 0 atom stereocenters. The molecule has 1 aliphatic heterocycles. The molecule has 7 nitrogen and oxygen atoms in total. The smallest absolute Gasteiger partial charge is 0.156 e. The van der Waals surface area contributed by atoms with Gasteiger partial charge < -0.3 is 20.7 Å². The molecule has 0 bridgehead atoms. The van der Waals surface area contributed by atoms with Crippen LogP contribution in [0.1, 0.15) is 6.42 Å². The predicted molar refractivity (Wildman–Crippen MR) is 81.1 cm³/mol. The second kappa shape index (κ2) is 7.25. The van der Waals surface area contributed by atoms with E-state index in [1.165, 1.54) is 6.33 Å². The van der Waals surface area contributed by atoms with Gasteiger partial charge in [0.05, 0.1) is 13.2 Å². The number of anilines is 3. The monoisotopic (exact) mass is 280 g/mol. The number of ether oxygens (including phenoxy) is 1. The largest absolute Gasteiger partial charge is 0.393 e. The van der Waals surface area contributed by atoms with Gasteiger partial charge in [-0.2, -0.15) is 0 Å². The summed E-state index contributed by atoms with van der Waals surface area (Å²) in [4.78, 5) is 12.7. The van der Waals surface area contributed by atoms with Gasteiger partial charge in [-0.25, -0.2) is 9.97 Å². The molecular formula is C13H24N6O. The topological polar surface area (TPSA) is 79.5 Å². The highest BCUT2D eigenvalue weighted by molar-refractivity contribution is 5.74. The van der Waals surface area contributed by atoms with Crippen molar-refractivity contribution < 1.29 is 4.74 Å². The van der Waals surface area contributed by atoms with Crippen molar-refractivity contribution in [3.63, 3.8) is 0 Å². The maximum absolute atomic E-state index is 6.05. The molecule has 1 aliphatic rings. The fourth-order valence-corrected chi connectivity index (χ4v) is 2.22. The molecule has 0 aromatic carbocycles. The fraction of sp³-hybridized carbons (Fsp3) is 0.692. The van der Waals surface area contributed by atoms with E-state index in [0.717, 1.165) is 51.6 Å². The van der Waals surface area contributed by atoms with E-state index in [0.29, 0.717) is 11.5 Å². The van der Waals surface area contributed by atoms with Gasteiger partial charge in [0.15, 0.2) is 11.6 Å². The Balaban J connectivity index is 1.77. The molecule has 1 saturated heterocycles. The SMILES string of the molecule is CN(C)c1ncnc(NCCCN2CCOCC2)c1N.